The van der Waals surface area contributed by atoms with E-state index in [2.05, 4.69) is 36.4 Å². The lowest BCUT2D eigenvalue weighted by Crippen LogP contribution is -2.11. The van der Waals surface area contributed by atoms with E-state index in [0.29, 0.717) is 0 Å². The zero-order chi connectivity index (χ0) is 20.3. The van der Waals surface area contributed by atoms with Crippen LogP contribution in [-0.4, -0.2) is 5.78 Å². The van der Waals surface area contributed by atoms with Crippen molar-refractivity contribution in [1.29, 1.82) is 0 Å². The number of rotatable bonds is 3. The molecular weight excluding hydrogens is 364 g/mol. The molecule has 0 saturated carbocycles. The van der Waals surface area contributed by atoms with Gasteiger partial charge >= 0.3 is 0 Å². The Kier molecular flexibility index (Phi) is 4.71. The maximum absolute atomic E-state index is 13.4. The number of allylic oxidation sites excluding steroid dienone is 3. The Morgan fingerprint density at radius 2 is 0.933 bits per heavy atom. The molecule has 4 aromatic carbocycles. The SMILES string of the molecule is O=C1/C(=C\C=C(c2ccccc2)c2ccccc2)c2ccccc2-c2ccccc21. The van der Waals surface area contributed by atoms with Gasteiger partial charge in [-0.05, 0) is 39.5 Å². The van der Waals surface area contributed by atoms with Gasteiger partial charge in [-0.2, -0.15) is 0 Å². The van der Waals surface area contributed by atoms with E-state index in [-0.39, 0.29) is 5.78 Å². The zero-order valence-corrected chi connectivity index (χ0v) is 16.5. The van der Waals surface area contributed by atoms with Gasteiger partial charge in [0.05, 0.1) is 0 Å². The third kappa shape index (κ3) is 3.21. The molecule has 0 amide bonds. The van der Waals surface area contributed by atoms with Gasteiger partial charge in [-0.25, -0.2) is 0 Å². The lowest BCUT2D eigenvalue weighted by atomic mass is 9.81. The summed E-state index contributed by atoms with van der Waals surface area (Å²) in [7, 11) is 0. The summed E-state index contributed by atoms with van der Waals surface area (Å²) in [4.78, 5) is 13.4. The van der Waals surface area contributed by atoms with Crippen LogP contribution in [0.25, 0.3) is 22.3 Å². The molecule has 0 fully saturated rings. The van der Waals surface area contributed by atoms with Gasteiger partial charge in [0.15, 0.2) is 5.78 Å². The third-order valence-electron chi connectivity index (χ3n) is 5.51. The van der Waals surface area contributed by atoms with Gasteiger partial charge in [0.1, 0.15) is 0 Å². The first-order chi connectivity index (χ1) is 14.8. The number of ketones is 1. The number of hydrogen-bond donors (Lipinski definition) is 0. The van der Waals surface area contributed by atoms with Crippen molar-refractivity contribution in [1.82, 2.24) is 0 Å². The molecule has 0 atom stereocenters. The molecule has 0 aromatic heterocycles. The second-order valence-electron chi connectivity index (χ2n) is 7.31. The predicted molar refractivity (Wildman–Crippen MR) is 124 cm³/mol. The van der Waals surface area contributed by atoms with Gasteiger partial charge < -0.3 is 0 Å². The maximum atomic E-state index is 13.4. The van der Waals surface area contributed by atoms with Gasteiger partial charge in [-0.3, -0.25) is 4.79 Å². The highest BCUT2D eigenvalue weighted by Crippen LogP contribution is 2.39. The summed E-state index contributed by atoms with van der Waals surface area (Å²) in [5.74, 6) is 0.0704. The number of carbonyl (C=O) groups is 1. The third-order valence-corrected chi connectivity index (χ3v) is 5.51. The van der Waals surface area contributed by atoms with E-state index in [1.807, 2.05) is 84.9 Å². The maximum Gasteiger partial charge on any atom is 0.194 e. The molecule has 0 bridgehead atoms. The molecular formula is C29H20O. The summed E-state index contributed by atoms with van der Waals surface area (Å²) >= 11 is 0. The van der Waals surface area contributed by atoms with Crippen LogP contribution >= 0.6 is 0 Å². The molecule has 0 radical (unpaired) electrons. The Hall–Kier alpha value is -3.97. The molecule has 0 saturated heterocycles. The van der Waals surface area contributed by atoms with Crippen LogP contribution in [-0.2, 0) is 0 Å². The summed E-state index contributed by atoms with van der Waals surface area (Å²) in [6.07, 6.45) is 4.05. The van der Waals surface area contributed by atoms with Crippen molar-refractivity contribution in [2.45, 2.75) is 0 Å². The Bertz CT molecular complexity index is 1240. The van der Waals surface area contributed by atoms with Crippen LogP contribution in [0.1, 0.15) is 27.0 Å². The van der Waals surface area contributed by atoms with Gasteiger partial charge in [0, 0.05) is 11.1 Å². The molecule has 1 nitrogen and oxygen atoms in total. The van der Waals surface area contributed by atoms with Crippen LogP contribution in [0, 0.1) is 0 Å². The molecule has 0 spiro atoms. The van der Waals surface area contributed by atoms with E-state index in [0.717, 1.165) is 44.5 Å². The smallest absolute Gasteiger partial charge is 0.194 e. The highest BCUT2D eigenvalue weighted by molar-refractivity contribution is 6.34. The number of fused-ring (bicyclic) bond motifs is 3. The van der Waals surface area contributed by atoms with E-state index in [4.69, 9.17) is 0 Å². The second-order valence-corrected chi connectivity index (χ2v) is 7.31. The normalized spacial score (nSPS) is 13.5. The molecule has 1 aliphatic rings. The Labute approximate surface area is 176 Å². The van der Waals surface area contributed by atoms with E-state index in [9.17, 15) is 4.79 Å². The molecule has 0 N–H and O–H groups in total. The molecule has 4 aromatic rings. The van der Waals surface area contributed by atoms with Gasteiger partial charge in [0.25, 0.3) is 0 Å². The number of carbonyl (C=O) groups excluding carboxylic acids is 1. The van der Waals surface area contributed by atoms with Crippen molar-refractivity contribution >= 4 is 16.9 Å². The summed E-state index contributed by atoms with van der Waals surface area (Å²) in [5, 5.41) is 0. The monoisotopic (exact) mass is 384 g/mol. The van der Waals surface area contributed by atoms with E-state index < -0.39 is 0 Å². The number of Topliss-reactive ketones (excluding diaryl/α,β-unsaturated/α-hetero) is 1. The summed E-state index contributed by atoms with van der Waals surface area (Å²) in [6, 6.07) is 36.6. The highest BCUT2D eigenvalue weighted by Gasteiger charge is 2.26. The van der Waals surface area contributed by atoms with E-state index >= 15 is 0 Å². The van der Waals surface area contributed by atoms with Crippen molar-refractivity contribution in [2.24, 2.45) is 0 Å². The zero-order valence-electron chi connectivity index (χ0n) is 16.5. The molecule has 0 aliphatic heterocycles. The number of benzene rings is 4. The molecule has 0 unspecified atom stereocenters. The lowest BCUT2D eigenvalue weighted by molar-refractivity contribution is 0.105. The minimum atomic E-state index is 0.0704. The van der Waals surface area contributed by atoms with Crippen LogP contribution in [0.3, 0.4) is 0 Å². The van der Waals surface area contributed by atoms with Crippen molar-refractivity contribution < 1.29 is 4.79 Å². The molecule has 30 heavy (non-hydrogen) atoms. The van der Waals surface area contributed by atoms with Gasteiger partial charge in [0.2, 0.25) is 0 Å². The fraction of sp³-hybridized carbons (Fsp3) is 0. The second kappa shape index (κ2) is 7.81. The van der Waals surface area contributed by atoms with Crippen LogP contribution in [0.4, 0.5) is 0 Å². The largest absolute Gasteiger partial charge is 0.289 e. The quantitative estimate of drug-likeness (QED) is 0.345. The summed E-state index contributed by atoms with van der Waals surface area (Å²) < 4.78 is 0. The topological polar surface area (TPSA) is 17.1 Å². The van der Waals surface area contributed by atoms with Crippen LogP contribution in [0.5, 0.6) is 0 Å². The summed E-state index contributed by atoms with van der Waals surface area (Å²) in [5.41, 5.74) is 7.92. The average Bonchev–Trinajstić information content (AvgIpc) is 2.82. The van der Waals surface area contributed by atoms with Crippen molar-refractivity contribution in [3.8, 4) is 11.1 Å². The average molecular weight is 384 g/mol. The van der Waals surface area contributed by atoms with Crippen molar-refractivity contribution in [3.63, 3.8) is 0 Å². The molecule has 0 heterocycles. The lowest BCUT2D eigenvalue weighted by Gasteiger charge is -2.21. The fourth-order valence-corrected chi connectivity index (χ4v) is 4.06. The van der Waals surface area contributed by atoms with E-state index in [1.54, 1.807) is 0 Å². The minimum absolute atomic E-state index is 0.0704. The first kappa shape index (κ1) is 18.1. The Morgan fingerprint density at radius 3 is 1.50 bits per heavy atom. The Morgan fingerprint density at radius 1 is 0.500 bits per heavy atom. The molecule has 1 heteroatoms. The van der Waals surface area contributed by atoms with Crippen LogP contribution in [0.2, 0.25) is 0 Å². The van der Waals surface area contributed by atoms with Crippen molar-refractivity contribution in [2.75, 3.05) is 0 Å². The highest BCUT2D eigenvalue weighted by atomic mass is 16.1. The van der Waals surface area contributed by atoms with Gasteiger partial charge in [-0.1, -0.05) is 115 Å². The number of hydrogen-bond acceptors (Lipinski definition) is 1. The van der Waals surface area contributed by atoms with Gasteiger partial charge in [-0.15, -0.1) is 0 Å². The predicted octanol–water partition coefficient (Wildman–Crippen LogP) is 7.07. The standard InChI is InChI=1S/C29H20O/c30-29-27-18-10-9-16-25(27)24-15-7-8-17-26(24)28(29)20-19-23(21-11-3-1-4-12-21)22-13-5-2-6-14-22/h1-20H/b28-20-. The first-order valence-electron chi connectivity index (χ1n) is 10.1. The minimum Gasteiger partial charge on any atom is -0.289 e. The molecule has 1 aliphatic carbocycles. The van der Waals surface area contributed by atoms with Crippen molar-refractivity contribution in [3.05, 3.63) is 144 Å². The first-order valence-corrected chi connectivity index (χ1v) is 10.1. The van der Waals surface area contributed by atoms with Crippen LogP contribution < -0.4 is 0 Å². The Balaban J connectivity index is 1.70. The van der Waals surface area contributed by atoms with E-state index in [1.165, 1.54) is 0 Å². The molecule has 5 rings (SSSR count). The fourth-order valence-electron chi connectivity index (χ4n) is 4.06. The van der Waals surface area contributed by atoms with Crippen LogP contribution in [0.15, 0.2) is 121 Å². The summed E-state index contributed by atoms with van der Waals surface area (Å²) in [6.45, 7) is 0. The molecule has 142 valence electrons.